The normalized spacial score (nSPS) is 17.9. The van der Waals surface area contributed by atoms with Gasteiger partial charge in [0.15, 0.2) is 0 Å². The van der Waals surface area contributed by atoms with E-state index in [1.165, 1.54) is 0 Å². The summed E-state index contributed by atoms with van der Waals surface area (Å²) >= 11 is 0. The van der Waals surface area contributed by atoms with E-state index in [1.54, 1.807) is 35.2 Å². The molecule has 0 bridgehead atoms. The minimum atomic E-state index is -0.673. The quantitative estimate of drug-likeness (QED) is 0.270. The Hall–Kier alpha value is -3.38. The van der Waals surface area contributed by atoms with Gasteiger partial charge in [-0.15, -0.1) is 0 Å². The molecule has 1 amide bonds. The van der Waals surface area contributed by atoms with E-state index in [9.17, 15) is 14.7 Å². The SMILES string of the molecule is C=CCOc1ccc(/C(O)=C2\C(=O)C(=O)N(CCN(C)C)[C@@H]2c2ccc(C(C)(C)C)cc2)cc1. The molecule has 3 rings (SSSR count). The van der Waals surface area contributed by atoms with E-state index in [4.69, 9.17) is 4.74 Å². The van der Waals surface area contributed by atoms with Gasteiger partial charge in [0, 0.05) is 18.7 Å². The van der Waals surface area contributed by atoms with Crippen LogP contribution in [0.15, 0.2) is 66.8 Å². The van der Waals surface area contributed by atoms with Gasteiger partial charge in [0.05, 0.1) is 11.6 Å². The Balaban J connectivity index is 2.07. The fourth-order valence-electron chi connectivity index (χ4n) is 3.95. The van der Waals surface area contributed by atoms with E-state index >= 15 is 0 Å². The van der Waals surface area contributed by atoms with Crippen LogP contribution in [-0.2, 0) is 15.0 Å². The average molecular weight is 463 g/mol. The number of Topliss-reactive ketones (excluding diaryl/α,β-unsaturated/α-hetero) is 1. The fraction of sp³-hybridized carbons (Fsp3) is 0.357. The third-order valence-electron chi connectivity index (χ3n) is 5.92. The molecule has 1 fully saturated rings. The number of ether oxygens (including phenoxy) is 1. The molecule has 2 aromatic rings. The molecule has 1 aliphatic heterocycles. The highest BCUT2D eigenvalue weighted by atomic mass is 16.5. The van der Waals surface area contributed by atoms with Gasteiger partial charge in [-0.25, -0.2) is 0 Å². The van der Waals surface area contributed by atoms with Crippen LogP contribution in [0.5, 0.6) is 5.75 Å². The van der Waals surface area contributed by atoms with E-state index in [-0.39, 0.29) is 16.7 Å². The molecule has 0 unspecified atom stereocenters. The molecule has 0 saturated carbocycles. The molecule has 1 N–H and O–H groups in total. The van der Waals surface area contributed by atoms with E-state index < -0.39 is 17.7 Å². The maximum Gasteiger partial charge on any atom is 0.295 e. The maximum absolute atomic E-state index is 13.1. The van der Waals surface area contributed by atoms with Crippen molar-refractivity contribution in [2.24, 2.45) is 0 Å². The van der Waals surface area contributed by atoms with E-state index in [2.05, 4.69) is 27.4 Å². The van der Waals surface area contributed by atoms with Crippen LogP contribution in [0.2, 0.25) is 0 Å². The number of aliphatic hydroxyl groups excluding tert-OH is 1. The lowest BCUT2D eigenvalue weighted by Gasteiger charge is -2.27. The molecule has 0 radical (unpaired) electrons. The summed E-state index contributed by atoms with van der Waals surface area (Å²) in [5, 5.41) is 11.2. The molecule has 6 heteroatoms. The zero-order valence-electron chi connectivity index (χ0n) is 20.7. The summed E-state index contributed by atoms with van der Waals surface area (Å²) in [5.74, 6) is -0.838. The minimum absolute atomic E-state index is 0.0271. The number of carbonyl (C=O) groups excluding carboxylic acids is 2. The third kappa shape index (κ3) is 5.39. The van der Waals surface area contributed by atoms with Crippen molar-refractivity contribution in [2.45, 2.75) is 32.2 Å². The summed E-state index contributed by atoms with van der Waals surface area (Å²) < 4.78 is 5.50. The number of aliphatic hydroxyl groups is 1. The molecule has 180 valence electrons. The highest BCUT2D eigenvalue weighted by Gasteiger charge is 2.45. The first-order valence-electron chi connectivity index (χ1n) is 11.4. The molecule has 1 heterocycles. The van der Waals surface area contributed by atoms with Crippen LogP contribution < -0.4 is 4.74 Å². The number of hydrogen-bond acceptors (Lipinski definition) is 5. The van der Waals surface area contributed by atoms with Crippen LogP contribution in [-0.4, -0.2) is 60.4 Å². The van der Waals surface area contributed by atoms with Crippen molar-refractivity contribution in [1.29, 1.82) is 0 Å². The maximum atomic E-state index is 13.1. The standard InChI is InChI=1S/C28H34N2O4/c1-7-18-34-22-14-10-20(11-15-22)25(31)23-24(19-8-12-21(13-9-19)28(2,3)4)30(17-16-29(5)6)27(33)26(23)32/h7-15,24,31H,1,16-18H2,2-6H3/b25-23+/t24-/m1/s1. The first-order chi connectivity index (χ1) is 16.0. The van der Waals surface area contributed by atoms with Crippen LogP contribution in [0.4, 0.5) is 0 Å². The second kappa shape index (κ2) is 10.3. The Kier molecular flexibility index (Phi) is 7.62. The van der Waals surface area contributed by atoms with E-state index in [0.29, 0.717) is 31.0 Å². The second-order valence-corrected chi connectivity index (χ2v) is 9.79. The number of likely N-dealkylation sites (tertiary alicyclic amines) is 1. The number of rotatable bonds is 8. The third-order valence-corrected chi connectivity index (χ3v) is 5.92. The van der Waals surface area contributed by atoms with Crippen LogP contribution in [0.3, 0.4) is 0 Å². The molecule has 1 aliphatic rings. The van der Waals surface area contributed by atoms with Gasteiger partial charge in [0.1, 0.15) is 18.1 Å². The van der Waals surface area contributed by atoms with Gasteiger partial charge in [-0.1, -0.05) is 57.7 Å². The highest BCUT2D eigenvalue weighted by Crippen LogP contribution is 2.40. The topological polar surface area (TPSA) is 70.1 Å². The lowest BCUT2D eigenvalue weighted by atomic mass is 9.85. The molecule has 2 aromatic carbocycles. The van der Waals surface area contributed by atoms with Crippen molar-refractivity contribution in [3.05, 3.63) is 83.4 Å². The zero-order chi connectivity index (χ0) is 25.0. The molecular formula is C28H34N2O4. The Morgan fingerprint density at radius 1 is 1.09 bits per heavy atom. The van der Waals surface area contributed by atoms with Crippen LogP contribution in [0.1, 0.15) is 43.5 Å². The van der Waals surface area contributed by atoms with Gasteiger partial charge in [-0.3, -0.25) is 9.59 Å². The summed E-state index contributed by atoms with van der Waals surface area (Å²) in [6.07, 6.45) is 1.65. The van der Waals surface area contributed by atoms with Crippen LogP contribution in [0.25, 0.3) is 5.76 Å². The van der Waals surface area contributed by atoms with Crippen LogP contribution in [0, 0.1) is 0 Å². The predicted octanol–water partition coefficient (Wildman–Crippen LogP) is 4.53. The number of likely N-dealkylation sites (N-methyl/N-ethyl adjacent to an activating group) is 1. The van der Waals surface area contributed by atoms with Crippen molar-refractivity contribution < 1.29 is 19.4 Å². The Bertz CT molecular complexity index is 1080. The summed E-state index contributed by atoms with van der Waals surface area (Å²) in [6, 6.07) is 14.1. The average Bonchev–Trinajstić information content (AvgIpc) is 3.05. The number of carbonyl (C=O) groups is 2. The van der Waals surface area contributed by atoms with Crippen molar-refractivity contribution in [3.63, 3.8) is 0 Å². The Morgan fingerprint density at radius 2 is 1.71 bits per heavy atom. The summed E-state index contributed by atoms with van der Waals surface area (Å²) in [4.78, 5) is 29.7. The molecular weight excluding hydrogens is 428 g/mol. The molecule has 0 spiro atoms. The Labute approximate surface area is 202 Å². The van der Waals surface area contributed by atoms with Gasteiger partial charge in [0.25, 0.3) is 11.7 Å². The van der Waals surface area contributed by atoms with Crippen molar-refractivity contribution in [1.82, 2.24) is 9.80 Å². The largest absolute Gasteiger partial charge is 0.507 e. The van der Waals surface area contributed by atoms with Gasteiger partial charge >= 0.3 is 0 Å². The molecule has 0 aliphatic carbocycles. The first kappa shape index (κ1) is 25.2. The number of nitrogens with zero attached hydrogens (tertiary/aromatic N) is 2. The van der Waals surface area contributed by atoms with Gasteiger partial charge < -0.3 is 19.6 Å². The van der Waals surface area contributed by atoms with Crippen molar-refractivity contribution in [3.8, 4) is 5.75 Å². The molecule has 0 aromatic heterocycles. The smallest absolute Gasteiger partial charge is 0.295 e. The first-order valence-corrected chi connectivity index (χ1v) is 11.4. The van der Waals surface area contributed by atoms with Gasteiger partial charge in [0.2, 0.25) is 0 Å². The second-order valence-electron chi connectivity index (χ2n) is 9.79. The molecule has 1 saturated heterocycles. The Morgan fingerprint density at radius 3 is 2.24 bits per heavy atom. The summed E-state index contributed by atoms with van der Waals surface area (Å²) in [6.45, 7) is 11.4. The zero-order valence-corrected chi connectivity index (χ0v) is 20.7. The lowest BCUT2D eigenvalue weighted by molar-refractivity contribution is -0.140. The van der Waals surface area contributed by atoms with E-state index in [0.717, 1.165) is 11.1 Å². The van der Waals surface area contributed by atoms with Gasteiger partial charge in [-0.2, -0.15) is 0 Å². The number of ketones is 1. The predicted molar refractivity (Wildman–Crippen MR) is 135 cm³/mol. The molecule has 34 heavy (non-hydrogen) atoms. The van der Waals surface area contributed by atoms with E-state index in [1.807, 2.05) is 43.3 Å². The highest BCUT2D eigenvalue weighted by molar-refractivity contribution is 6.46. The lowest BCUT2D eigenvalue weighted by Crippen LogP contribution is -2.35. The van der Waals surface area contributed by atoms with Crippen molar-refractivity contribution >= 4 is 17.4 Å². The number of benzene rings is 2. The minimum Gasteiger partial charge on any atom is -0.507 e. The van der Waals surface area contributed by atoms with Crippen molar-refractivity contribution in [2.75, 3.05) is 33.8 Å². The summed E-state index contributed by atoms with van der Waals surface area (Å²) in [5.41, 5.74) is 2.47. The molecule has 6 nitrogen and oxygen atoms in total. The number of hydrogen-bond donors (Lipinski definition) is 1. The monoisotopic (exact) mass is 462 g/mol. The van der Waals surface area contributed by atoms with Crippen LogP contribution >= 0.6 is 0 Å². The van der Waals surface area contributed by atoms with Gasteiger partial charge in [-0.05, 0) is 54.9 Å². The number of amides is 1. The fourth-order valence-corrected chi connectivity index (χ4v) is 3.95. The molecule has 1 atom stereocenters. The summed E-state index contributed by atoms with van der Waals surface area (Å²) in [7, 11) is 3.83.